The topological polar surface area (TPSA) is 32.3 Å². The number of carbonyl (C=O) groups excluding carboxylic acids is 1. The summed E-state index contributed by atoms with van der Waals surface area (Å²) in [4.78, 5) is 13.0. The molecule has 0 unspecified atom stereocenters. The highest BCUT2D eigenvalue weighted by atomic mass is 35.5. The summed E-state index contributed by atoms with van der Waals surface area (Å²) in [6.07, 6.45) is 0.801. The van der Waals surface area contributed by atoms with Crippen molar-refractivity contribution in [2.24, 2.45) is 0 Å². The summed E-state index contributed by atoms with van der Waals surface area (Å²) in [6.45, 7) is 1.16. The molecule has 1 heterocycles. The van der Waals surface area contributed by atoms with Crippen LogP contribution in [0.5, 0.6) is 0 Å². The summed E-state index contributed by atoms with van der Waals surface area (Å²) in [5, 5.41) is 2.96. The van der Waals surface area contributed by atoms with E-state index in [4.69, 9.17) is 23.2 Å². The van der Waals surface area contributed by atoms with E-state index >= 15 is 0 Å². The van der Waals surface area contributed by atoms with Crippen molar-refractivity contribution in [1.82, 2.24) is 5.32 Å². The molecule has 1 aromatic carbocycles. The first-order chi connectivity index (χ1) is 7.59. The molecule has 86 valence electrons. The molecule has 16 heavy (non-hydrogen) atoms. The van der Waals surface area contributed by atoms with Crippen LogP contribution in [0.3, 0.4) is 0 Å². The Bertz CT molecular complexity index is 416. The van der Waals surface area contributed by atoms with Crippen molar-refractivity contribution >= 4 is 34.9 Å². The summed E-state index contributed by atoms with van der Waals surface area (Å²) in [7, 11) is 0. The number of carbonyl (C=O) groups is 1. The van der Waals surface area contributed by atoms with Gasteiger partial charge in [-0.3, -0.25) is 4.90 Å². The van der Waals surface area contributed by atoms with Gasteiger partial charge in [0, 0.05) is 13.1 Å². The molecule has 0 atom stereocenters. The number of nitrogens with zero attached hydrogens (tertiary/aromatic N) is 1. The fraction of sp³-hybridized carbons (Fsp3) is 0.300. The average molecular weight is 263 g/mol. The number of nitrogens with one attached hydrogen (secondary N) is 1. The van der Waals surface area contributed by atoms with Gasteiger partial charge in [0.1, 0.15) is 5.82 Å². The number of anilines is 1. The molecule has 0 radical (unpaired) electrons. The Morgan fingerprint density at radius 2 is 1.94 bits per heavy atom. The van der Waals surface area contributed by atoms with Crippen molar-refractivity contribution in [3.8, 4) is 0 Å². The van der Waals surface area contributed by atoms with Gasteiger partial charge in [-0.05, 0) is 18.6 Å². The van der Waals surface area contributed by atoms with Crippen molar-refractivity contribution in [3.63, 3.8) is 0 Å². The highest BCUT2D eigenvalue weighted by Crippen LogP contribution is 2.35. The molecule has 0 aromatic heterocycles. The number of halogens is 3. The third-order valence-corrected chi connectivity index (χ3v) is 2.91. The van der Waals surface area contributed by atoms with E-state index < -0.39 is 5.82 Å². The molecule has 3 nitrogen and oxygen atoms in total. The maximum absolute atomic E-state index is 13.0. The van der Waals surface area contributed by atoms with Crippen molar-refractivity contribution < 1.29 is 9.18 Å². The zero-order chi connectivity index (χ0) is 11.7. The monoisotopic (exact) mass is 262 g/mol. The molecule has 0 spiro atoms. The SMILES string of the molecule is O=C1NCCCN1c1c(Cl)cc(F)cc1Cl. The zero-order valence-electron chi connectivity index (χ0n) is 8.27. The first kappa shape index (κ1) is 11.5. The van der Waals surface area contributed by atoms with Gasteiger partial charge in [0.2, 0.25) is 0 Å². The Morgan fingerprint density at radius 1 is 1.31 bits per heavy atom. The normalized spacial score (nSPS) is 16.2. The number of hydrogen-bond acceptors (Lipinski definition) is 1. The minimum atomic E-state index is -0.517. The summed E-state index contributed by atoms with van der Waals surface area (Å²) in [5.74, 6) is -0.517. The molecule has 0 bridgehead atoms. The Labute approximate surface area is 102 Å². The van der Waals surface area contributed by atoms with E-state index in [-0.39, 0.29) is 16.1 Å². The van der Waals surface area contributed by atoms with Crippen LogP contribution in [0.1, 0.15) is 6.42 Å². The van der Waals surface area contributed by atoms with Crippen molar-refractivity contribution in [3.05, 3.63) is 28.0 Å². The largest absolute Gasteiger partial charge is 0.338 e. The maximum Gasteiger partial charge on any atom is 0.321 e. The lowest BCUT2D eigenvalue weighted by Crippen LogP contribution is -2.46. The van der Waals surface area contributed by atoms with Crippen LogP contribution in [0.25, 0.3) is 0 Å². The van der Waals surface area contributed by atoms with Crippen LogP contribution < -0.4 is 10.2 Å². The number of benzene rings is 1. The predicted molar refractivity (Wildman–Crippen MR) is 61.8 cm³/mol. The van der Waals surface area contributed by atoms with Gasteiger partial charge < -0.3 is 5.32 Å². The molecule has 2 amide bonds. The lowest BCUT2D eigenvalue weighted by molar-refractivity contribution is 0.243. The molecule has 1 aromatic rings. The smallest absolute Gasteiger partial charge is 0.321 e. The highest BCUT2D eigenvalue weighted by Gasteiger charge is 2.24. The molecule has 0 saturated carbocycles. The van der Waals surface area contributed by atoms with Crippen LogP contribution in [0.2, 0.25) is 10.0 Å². The molecule has 6 heteroatoms. The van der Waals surface area contributed by atoms with Crippen LogP contribution in [0.15, 0.2) is 12.1 Å². The fourth-order valence-electron chi connectivity index (χ4n) is 1.64. The van der Waals surface area contributed by atoms with Gasteiger partial charge in [0.15, 0.2) is 0 Å². The molecular weight excluding hydrogens is 254 g/mol. The third-order valence-electron chi connectivity index (χ3n) is 2.33. The van der Waals surface area contributed by atoms with Crippen LogP contribution in [-0.4, -0.2) is 19.1 Å². The van der Waals surface area contributed by atoms with Gasteiger partial charge in [-0.2, -0.15) is 0 Å². The molecule has 1 N–H and O–H groups in total. The van der Waals surface area contributed by atoms with E-state index in [2.05, 4.69) is 5.32 Å². The first-order valence-corrected chi connectivity index (χ1v) is 5.55. The highest BCUT2D eigenvalue weighted by molar-refractivity contribution is 6.39. The Balaban J connectivity index is 2.42. The summed E-state index contributed by atoms with van der Waals surface area (Å²) in [6, 6.07) is 2.02. The Hall–Kier alpha value is -1.00. The summed E-state index contributed by atoms with van der Waals surface area (Å²) >= 11 is 11.8. The quantitative estimate of drug-likeness (QED) is 0.829. The zero-order valence-corrected chi connectivity index (χ0v) is 9.78. The van der Waals surface area contributed by atoms with E-state index in [0.29, 0.717) is 18.8 Å². The van der Waals surface area contributed by atoms with Crippen molar-refractivity contribution in [1.29, 1.82) is 0 Å². The first-order valence-electron chi connectivity index (χ1n) is 4.79. The standard InChI is InChI=1S/C10H9Cl2FN2O/c11-7-4-6(13)5-8(12)9(7)15-3-1-2-14-10(15)16/h4-5H,1-3H2,(H,14,16). The van der Waals surface area contributed by atoms with Crippen molar-refractivity contribution in [2.75, 3.05) is 18.0 Å². The van der Waals surface area contributed by atoms with Gasteiger partial charge in [0.25, 0.3) is 0 Å². The van der Waals surface area contributed by atoms with Gasteiger partial charge in [-0.1, -0.05) is 23.2 Å². The van der Waals surface area contributed by atoms with Gasteiger partial charge in [-0.15, -0.1) is 0 Å². The van der Waals surface area contributed by atoms with Gasteiger partial charge >= 0.3 is 6.03 Å². The fourth-order valence-corrected chi connectivity index (χ4v) is 2.30. The summed E-state index contributed by atoms with van der Waals surface area (Å²) in [5.41, 5.74) is 0.363. The Kier molecular flexibility index (Phi) is 3.21. The average Bonchev–Trinajstić information content (AvgIpc) is 2.19. The van der Waals surface area contributed by atoms with Crippen molar-refractivity contribution in [2.45, 2.75) is 6.42 Å². The number of urea groups is 1. The predicted octanol–water partition coefficient (Wildman–Crippen LogP) is 3.05. The molecule has 2 rings (SSSR count). The third kappa shape index (κ3) is 2.08. The van der Waals surface area contributed by atoms with E-state index in [1.165, 1.54) is 4.90 Å². The van der Waals surface area contributed by atoms with Crippen LogP contribution in [-0.2, 0) is 0 Å². The van der Waals surface area contributed by atoms with Crippen LogP contribution >= 0.6 is 23.2 Å². The summed E-state index contributed by atoms with van der Waals surface area (Å²) < 4.78 is 13.0. The van der Waals surface area contributed by atoms with Crippen LogP contribution in [0, 0.1) is 5.82 Å². The van der Waals surface area contributed by atoms with Crippen LogP contribution in [0.4, 0.5) is 14.9 Å². The number of amides is 2. The molecule has 0 aliphatic carbocycles. The molecule has 1 saturated heterocycles. The van der Waals surface area contributed by atoms with Gasteiger partial charge in [-0.25, -0.2) is 9.18 Å². The second kappa shape index (κ2) is 4.47. The lowest BCUT2D eigenvalue weighted by atomic mass is 10.2. The van der Waals surface area contributed by atoms with E-state index in [1.54, 1.807) is 0 Å². The molecule has 1 aliphatic rings. The molecular formula is C10H9Cl2FN2O. The minimum absolute atomic E-state index is 0.141. The molecule has 1 aliphatic heterocycles. The molecule has 1 fully saturated rings. The lowest BCUT2D eigenvalue weighted by Gasteiger charge is -2.28. The van der Waals surface area contributed by atoms with E-state index in [9.17, 15) is 9.18 Å². The van der Waals surface area contributed by atoms with E-state index in [0.717, 1.165) is 18.6 Å². The van der Waals surface area contributed by atoms with E-state index in [1.807, 2.05) is 0 Å². The Morgan fingerprint density at radius 3 is 2.50 bits per heavy atom. The number of hydrogen-bond donors (Lipinski definition) is 1. The second-order valence-corrected chi connectivity index (χ2v) is 4.27. The van der Waals surface area contributed by atoms with Gasteiger partial charge in [0.05, 0.1) is 15.7 Å². The number of rotatable bonds is 1. The minimum Gasteiger partial charge on any atom is -0.338 e. The maximum atomic E-state index is 13.0. The second-order valence-electron chi connectivity index (χ2n) is 3.46.